The van der Waals surface area contributed by atoms with Crippen molar-refractivity contribution in [3.63, 3.8) is 0 Å². The zero-order valence-corrected chi connectivity index (χ0v) is 17.4. The summed E-state index contributed by atoms with van der Waals surface area (Å²) in [7, 11) is 1.97. The molecule has 3 aromatic rings. The van der Waals surface area contributed by atoms with Gasteiger partial charge in [0.15, 0.2) is 0 Å². The van der Waals surface area contributed by atoms with E-state index < -0.39 is 0 Å². The summed E-state index contributed by atoms with van der Waals surface area (Å²) in [6.45, 7) is 5.45. The molecule has 2 aromatic carbocycles. The van der Waals surface area contributed by atoms with Gasteiger partial charge < -0.3 is 5.32 Å². The highest BCUT2D eigenvalue weighted by Gasteiger charge is 2.19. The van der Waals surface area contributed by atoms with Crippen LogP contribution in [0.5, 0.6) is 0 Å². The van der Waals surface area contributed by atoms with Crippen molar-refractivity contribution in [3.05, 3.63) is 87.9 Å². The van der Waals surface area contributed by atoms with E-state index in [2.05, 4.69) is 48.4 Å². The summed E-state index contributed by atoms with van der Waals surface area (Å²) in [5.41, 5.74) is 3.58. The van der Waals surface area contributed by atoms with Crippen LogP contribution in [0, 0.1) is 0 Å². The molecule has 0 saturated heterocycles. The van der Waals surface area contributed by atoms with Crippen LogP contribution in [-0.2, 0) is 11.3 Å². The molecule has 0 aliphatic rings. The average Bonchev–Trinajstić information content (AvgIpc) is 3.21. The van der Waals surface area contributed by atoms with Crippen molar-refractivity contribution in [1.29, 1.82) is 0 Å². The van der Waals surface area contributed by atoms with Gasteiger partial charge in [-0.1, -0.05) is 68.4 Å². The van der Waals surface area contributed by atoms with Gasteiger partial charge in [0.2, 0.25) is 5.91 Å². The van der Waals surface area contributed by atoms with Crippen LogP contribution in [0.15, 0.2) is 66.2 Å². The molecule has 28 heavy (non-hydrogen) atoms. The van der Waals surface area contributed by atoms with Crippen LogP contribution in [-0.4, -0.2) is 29.4 Å². The van der Waals surface area contributed by atoms with E-state index in [0.29, 0.717) is 12.5 Å². The van der Waals surface area contributed by atoms with E-state index in [0.717, 1.165) is 17.1 Å². The number of amides is 1. The molecule has 0 saturated carbocycles. The van der Waals surface area contributed by atoms with Gasteiger partial charge in [0.25, 0.3) is 0 Å². The molecule has 0 bridgehead atoms. The first-order valence-corrected chi connectivity index (χ1v) is 10.4. The molecule has 3 rings (SSSR count). The molecule has 1 aromatic heterocycles. The van der Waals surface area contributed by atoms with Crippen LogP contribution in [0.3, 0.4) is 0 Å². The number of likely N-dealkylation sites (N-methyl/N-ethyl adjacent to an activating group) is 1. The van der Waals surface area contributed by atoms with Crippen LogP contribution >= 0.6 is 11.3 Å². The van der Waals surface area contributed by atoms with Gasteiger partial charge in [-0.3, -0.25) is 9.69 Å². The standard InChI is InChI=1S/C23H27N3OS/c1-17(2)19-11-9-18(10-12-19)15-26(3)16-21(27)25-22(23-24-13-14-28-23)20-7-5-4-6-8-20/h4-14,17,22H,15-16H2,1-3H3,(H,25,27). The Balaban J connectivity index is 1.61. The first-order chi connectivity index (χ1) is 13.5. The first-order valence-electron chi connectivity index (χ1n) is 9.54. The molecular formula is C23H27N3OS. The molecule has 0 aliphatic carbocycles. The van der Waals surface area contributed by atoms with E-state index in [1.165, 1.54) is 11.1 Å². The number of aromatic nitrogens is 1. The maximum absolute atomic E-state index is 12.7. The molecule has 1 N–H and O–H groups in total. The SMILES string of the molecule is CC(C)c1ccc(CN(C)CC(=O)NC(c2ccccc2)c2nccs2)cc1. The van der Waals surface area contributed by atoms with Crippen molar-refractivity contribution < 1.29 is 4.79 Å². The number of thiazole rings is 1. The molecule has 146 valence electrons. The van der Waals surface area contributed by atoms with Crippen molar-refractivity contribution in [2.24, 2.45) is 0 Å². The van der Waals surface area contributed by atoms with Gasteiger partial charge in [-0.15, -0.1) is 11.3 Å². The number of benzene rings is 2. The fraction of sp³-hybridized carbons (Fsp3) is 0.304. The Hall–Kier alpha value is -2.50. The van der Waals surface area contributed by atoms with Crippen molar-refractivity contribution in [3.8, 4) is 0 Å². The molecule has 0 aliphatic heterocycles. The highest BCUT2D eigenvalue weighted by molar-refractivity contribution is 7.09. The number of hydrogen-bond donors (Lipinski definition) is 1. The second-order valence-electron chi connectivity index (χ2n) is 7.35. The molecule has 0 spiro atoms. The third kappa shape index (κ3) is 5.50. The summed E-state index contributed by atoms with van der Waals surface area (Å²) >= 11 is 1.55. The molecule has 1 heterocycles. The van der Waals surface area contributed by atoms with Crippen LogP contribution in [0.4, 0.5) is 0 Å². The average molecular weight is 394 g/mol. The molecule has 4 nitrogen and oxygen atoms in total. The number of hydrogen-bond acceptors (Lipinski definition) is 4. The maximum Gasteiger partial charge on any atom is 0.235 e. The fourth-order valence-electron chi connectivity index (χ4n) is 3.14. The zero-order chi connectivity index (χ0) is 19.9. The van der Waals surface area contributed by atoms with Crippen LogP contribution < -0.4 is 5.32 Å². The number of carbonyl (C=O) groups is 1. The van der Waals surface area contributed by atoms with E-state index in [4.69, 9.17) is 0 Å². The van der Waals surface area contributed by atoms with Gasteiger partial charge in [0, 0.05) is 18.1 Å². The second kappa shape index (κ2) is 9.62. The van der Waals surface area contributed by atoms with E-state index in [1.54, 1.807) is 17.5 Å². The number of carbonyl (C=O) groups excluding carboxylic acids is 1. The minimum atomic E-state index is -0.215. The van der Waals surface area contributed by atoms with E-state index in [9.17, 15) is 4.79 Å². The number of nitrogens with zero attached hydrogens (tertiary/aromatic N) is 2. The van der Waals surface area contributed by atoms with Crippen molar-refractivity contribution in [2.45, 2.75) is 32.4 Å². The quantitative estimate of drug-likeness (QED) is 0.608. The monoisotopic (exact) mass is 393 g/mol. The highest BCUT2D eigenvalue weighted by Crippen LogP contribution is 2.23. The fourth-order valence-corrected chi connectivity index (χ4v) is 3.85. The molecule has 0 radical (unpaired) electrons. The summed E-state index contributed by atoms with van der Waals surface area (Å²) in [6, 6.07) is 18.4. The van der Waals surface area contributed by atoms with Crippen molar-refractivity contribution in [1.82, 2.24) is 15.2 Å². The lowest BCUT2D eigenvalue weighted by Gasteiger charge is -2.21. The molecule has 1 atom stereocenters. The highest BCUT2D eigenvalue weighted by atomic mass is 32.1. The van der Waals surface area contributed by atoms with Crippen LogP contribution in [0.25, 0.3) is 0 Å². The normalized spacial score (nSPS) is 12.3. The smallest absolute Gasteiger partial charge is 0.235 e. The Morgan fingerprint density at radius 3 is 2.39 bits per heavy atom. The Kier molecular flexibility index (Phi) is 6.95. The van der Waals surface area contributed by atoms with Gasteiger partial charge in [0.05, 0.1) is 6.54 Å². The molecule has 1 amide bonds. The maximum atomic E-state index is 12.7. The third-order valence-corrected chi connectivity index (χ3v) is 5.49. The molecule has 1 unspecified atom stereocenters. The lowest BCUT2D eigenvalue weighted by atomic mass is 10.0. The Bertz CT molecular complexity index is 861. The topological polar surface area (TPSA) is 45.2 Å². The van der Waals surface area contributed by atoms with Gasteiger partial charge >= 0.3 is 0 Å². The first kappa shape index (κ1) is 20.2. The van der Waals surface area contributed by atoms with E-state index >= 15 is 0 Å². The third-order valence-electron chi connectivity index (χ3n) is 4.65. The summed E-state index contributed by atoms with van der Waals surface area (Å²) < 4.78 is 0. The predicted octanol–water partition coefficient (Wildman–Crippen LogP) is 4.60. The lowest BCUT2D eigenvalue weighted by Crippen LogP contribution is -2.37. The largest absolute Gasteiger partial charge is 0.342 e. The van der Waals surface area contributed by atoms with Gasteiger partial charge in [-0.2, -0.15) is 0 Å². The van der Waals surface area contributed by atoms with Crippen LogP contribution in [0.1, 0.15) is 47.5 Å². The van der Waals surface area contributed by atoms with Crippen LogP contribution in [0.2, 0.25) is 0 Å². The van der Waals surface area contributed by atoms with E-state index in [-0.39, 0.29) is 11.9 Å². The number of rotatable bonds is 8. The summed E-state index contributed by atoms with van der Waals surface area (Å²) in [5.74, 6) is 0.517. The zero-order valence-electron chi connectivity index (χ0n) is 16.6. The summed E-state index contributed by atoms with van der Waals surface area (Å²) in [4.78, 5) is 19.1. The summed E-state index contributed by atoms with van der Waals surface area (Å²) in [5, 5.41) is 5.97. The Labute approximate surface area is 171 Å². The van der Waals surface area contributed by atoms with Crippen molar-refractivity contribution >= 4 is 17.2 Å². The Morgan fingerprint density at radius 2 is 1.79 bits per heavy atom. The number of nitrogens with one attached hydrogen (secondary N) is 1. The summed E-state index contributed by atoms with van der Waals surface area (Å²) in [6.07, 6.45) is 1.77. The van der Waals surface area contributed by atoms with Gasteiger partial charge in [0.1, 0.15) is 11.0 Å². The van der Waals surface area contributed by atoms with Crippen molar-refractivity contribution in [2.75, 3.05) is 13.6 Å². The molecule has 5 heteroatoms. The Morgan fingerprint density at radius 1 is 1.07 bits per heavy atom. The molecule has 0 fully saturated rings. The lowest BCUT2D eigenvalue weighted by molar-refractivity contribution is -0.122. The minimum Gasteiger partial charge on any atom is -0.342 e. The molecular weight excluding hydrogens is 366 g/mol. The van der Waals surface area contributed by atoms with E-state index in [1.807, 2.05) is 47.7 Å². The predicted molar refractivity (Wildman–Crippen MR) is 115 cm³/mol. The van der Waals surface area contributed by atoms with Gasteiger partial charge in [-0.25, -0.2) is 4.98 Å². The second-order valence-corrected chi connectivity index (χ2v) is 8.28. The minimum absolute atomic E-state index is 0.00893. The van der Waals surface area contributed by atoms with Gasteiger partial charge in [-0.05, 0) is 29.7 Å².